The number of fused-ring (bicyclic) bond motifs is 1. The Kier molecular flexibility index (Phi) is 5.60. The van der Waals surface area contributed by atoms with Crippen LogP contribution in [0, 0.1) is 5.92 Å². The molecular weight excluding hydrogens is 362 g/mol. The van der Waals surface area contributed by atoms with Gasteiger partial charge in [0.05, 0.1) is 12.5 Å². The van der Waals surface area contributed by atoms with Crippen LogP contribution >= 0.6 is 22.9 Å². The fourth-order valence-electron chi connectivity index (χ4n) is 2.57. The Labute approximate surface area is 154 Å². The van der Waals surface area contributed by atoms with Crippen LogP contribution in [0.15, 0.2) is 35.7 Å². The molecule has 132 valence electrons. The third-order valence-corrected chi connectivity index (χ3v) is 5.05. The quantitative estimate of drug-likeness (QED) is 0.810. The minimum Gasteiger partial charge on any atom is -0.492 e. The van der Waals surface area contributed by atoms with Crippen molar-refractivity contribution < 1.29 is 19.1 Å². The number of ether oxygens (including phenoxy) is 2. The van der Waals surface area contributed by atoms with Crippen molar-refractivity contribution in [1.82, 2.24) is 5.32 Å². The Morgan fingerprint density at radius 1 is 1.44 bits per heavy atom. The molecule has 2 heterocycles. The van der Waals surface area contributed by atoms with Gasteiger partial charge in [0.1, 0.15) is 12.4 Å². The molecule has 5 nitrogen and oxygen atoms in total. The lowest BCUT2D eigenvalue weighted by Crippen LogP contribution is -2.38. The smallest absolute Gasteiger partial charge is 0.313 e. The van der Waals surface area contributed by atoms with Crippen molar-refractivity contribution in [2.45, 2.75) is 26.0 Å². The molecular formula is C18H18ClNO4S. The van der Waals surface area contributed by atoms with Gasteiger partial charge in [0.25, 0.3) is 5.91 Å². The number of nitrogens with one attached hydrogen (secondary N) is 1. The number of halogens is 1. The number of benzene rings is 1. The number of carbonyl (C=O) groups is 2. The Bertz CT molecular complexity index is 762. The second kappa shape index (κ2) is 7.89. The van der Waals surface area contributed by atoms with E-state index in [4.69, 9.17) is 21.1 Å². The van der Waals surface area contributed by atoms with E-state index in [0.29, 0.717) is 18.0 Å². The van der Waals surface area contributed by atoms with Crippen molar-refractivity contribution in [3.8, 4) is 5.75 Å². The van der Waals surface area contributed by atoms with Gasteiger partial charge in [-0.1, -0.05) is 17.7 Å². The maximum Gasteiger partial charge on any atom is 0.313 e. The van der Waals surface area contributed by atoms with E-state index in [1.165, 1.54) is 0 Å². The summed E-state index contributed by atoms with van der Waals surface area (Å²) in [5.41, 5.74) is 0.871. The zero-order valence-corrected chi connectivity index (χ0v) is 15.2. The number of thiophene rings is 1. The van der Waals surface area contributed by atoms with Crippen molar-refractivity contribution in [2.75, 3.05) is 6.61 Å². The highest BCUT2D eigenvalue weighted by Crippen LogP contribution is 2.30. The molecule has 1 aliphatic heterocycles. The van der Waals surface area contributed by atoms with E-state index in [9.17, 15) is 9.59 Å². The van der Waals surface area contributed by atoms with Crippen LogP contribution in [0.5, 0.6) is 5.75 Å². The molecule has 25 heavy (non-hydrogen) atoms. The monoisotopic (exact) mass is 379 g/mol. The third kappa shape index (κ3) is 4.52. The highest BCUT2D eigenvalue weighted by Gasteiger charge is 2.30. The Morgan fingerprint density at radius 2 is 2.28 bits per heavy atom. The highest BCUT2D eigenvalue weighted by molar-refractivity contribution is 7.09. The summed E-state index contributed by atoms with van der Waals surface area (Å²) in [6.45, 7) is 2.23. The van der Waals surface area contributed by atoms with Gasteiger partial charge in [-0.15, -0.1) is 11.3 Å². The number of hydrogen-bond acceptors (Lipinski definition) is 5. The van der Waals surface area contributed by atoms with E-state index in [0.717, 1.165) is 16.2 Å². The Morgan fingerprint density at radius 3 is 3.04 bits per heavy atom. The van der Waals surface area contributed by atoms with E-state index in [2.05, 4.69) is 5.32 Å². The van der Waals surface area contributed by atoms with Crippen LogP contribution in [0.25, 0.3) is 0 Å². The van der Waals surface area contributed by atoms with E-state index < -0.39 is 18.0 Å². The molecule has 1 aromatic carbocycles. The maximum absolute atomic E-state index is 12.3. The topological polar surface area (TPSA) is 64.6 Å². The summed E-state index contributed by atoms with van der Waals surface area (Å²) in [4.78, 5) is 25.4. The molecule has 0 fully saturated rings. The van der Waals surface area contributed by atoms with Crippen molar-refractivity contribution in [3.63, 3.8) is 0 Å². The summed E-state index contributed by atoms with van der Waals surface area (Å²) in [7, 11) is 0. The van der Waals surface area contributed by atoms with Crippen molar-refractivity contribution in [2.24, 2.45) is 5.92 Å². The second-order valence-corrected chi connectivity index (χ2v) is 7.31. The fraction of sp³-hybridized carbons (Fsp3) is 0.333. The Balaban J connectivity index is 1.52. The highest BCUT2D eigenvalue weighted by atomic mass is 35.5. The van der Waals surface area contributed by atoms with Gasteiger partial charge in [0.2, 0.25) is 0 Å². The van der Waals surface area contributed by atoms with Crippen LogP contribution in [0.4, 0.5) is 0 Å². The lowest BCUT2D eigenvalue weighted by atomic mass is 9.97. The molecule has 0 bridgehead atoms. The van der Waals surface area contributed by atoms with Crippen LogP contribution in [0.3, 0.4) is 0 Å². The predicted octanol–water partition coefficient (Wildman–Crippen LogP) is 3.20. The van der Waals surface area contributed by atoms with Crippen molar-refractivity contribution >= 4 is 34.8 Å². The summed E-state index contributed by atoms with van der Waals surface area (Å²) in [5.74, 6) is -0.472. The molecule has 1 aromatic heterocycles. The summed E-state index contributed by atoms with van der Waals surface area (Å²) in [5, 5.41) is 5.30. The Hall–Kier alpha value is -2.05. The molecule has 0 aliphatic carbocycles. The summed E-state index contributed by atoms with van der Waals surface area (Å²) < 4.78 is 10.9. The number of hydrogen-bond donors (Lipinski definition) is 1. The van der Waals surface area contributed by atoms with Gasteiger partial charge in [-0.3, -0.25) is 9.59 Å². The lowest BCUT2D eigenvalue weighted by molar-refractivity contribution is -0.160. The molecule has 1 amide bonds. The van der Waals surface area contributed by atoms with Crippen molar-refractivity contribution in [3.05, 3.63) is 51.2 Å². The molecule has 0 saturated heterocycles. The zero-order chi connectivity index (χ0) is 17.8. The minimum atomic E-state index is -0.853. The third-order valence-electron chi connectivity index (χ3n) is 3.94. The van der Waals surface area contributed by atoms with Gasteiger partial charge < -0.3 is 14.8 Å². The van der Waals surface area contributed by atoms with Gasteiger partial charge in [-0.2, -0.15) is 0 Å². The molecule has 2 atom stereocenters. The molecule has 0 radical (unpaired) electrons. The molecule has 7 heteroatoms. The van der Waals surface area contributed by atoms with Gasteiger partial charge >= 0.3 is 5.97 Å². The first-order chi connectivity index (χ1) is 12.0. The first kappa shape index (κ1) is 17.8. The maximum atomic E-state index is 12.3. The molecule has 1 aliphatic rings. The molecule has 1 N–H and O–H groups in total. The number of esters is 1. The van der Waals surface area contributed by atoms with Gasteiger partial charge in [0.15, 0.2) is 6.10 Å². The first-order valence-electron chi connectivity index (χ1n) is 7.94. The van der Waals surface area contributed by atoms with Gasteiger partial charge in [-0.25, -0.2) is 0 Å². The largest absolute Gasteiger partial charge is 0.492 e. The van der Waals surface area contributed by atoms with Gasteiger partial charge in [-0.05, 0) is 48.6 Å². The minimum absolute atomic E-state index is 0.233. The molecule has 3 rings (SSSR count). The molecule has 0 spiro atoms. The lowest BCUT2D eigenvalue weighted by Gasteiger charge is -2.25. The van der Waals surface area contributed by atoms with Crippen LogP contribution in [-0.2, 0) is 27.3 Å². The fourth-order valence-corrected chi connectivity index (χ4v) is 3.41. The van der Waals surface area contributed by atoms with E-state index in [-0.39, 0.29) is 12.5 Å². The van der Waals surface area contributed by atoms with Gasteiger partial charge in [0, 0.05) is 9.90 Å². The number of rotatable bonds is 5. The zero-order valence-electron chi connectivity index (χ0n) is 13.7. The van der Waals surface area contributed by atoms with Crippen LogP contribution in [0.1, 0.15) is 17.4 Å². The summed E-state index contributed by atoms with van der Waals surface area (Å²) in [6.07, 6.45) is -0.369. The van der Waals surface area contributed by atoms with E-state index in [1.54, 1.807) is 36.5 Å². The van der Waals surface area contributed by atoms with Crippen LogP contribution < -0.4 is 10.1 Å². The molecule has 0 saturated carbocycles. The average Bonchev–Trinajstić information content (AvgIpc) is 3.12. The summed E-state index contributed by atoms with van der Waals surface area (Å²) in [6, 6.07) is 9.18. The molecule has 0 unspecified atom stereocenters. The average molecular weight is 380 g/mol. The standard InChI is InChI=1S/C18H18ClNO4S/c1-11(17(21)20-9-15-3-2-6-25-15)24-18(22)13-7-12-8-14(19)4-5-16(12)23-10-13/h2-6,8,11,13H,7,9-10H2,1H3,(H,20,21)/t11-,13+/m1/s1. The van der Waals surface area contributed by atoms with Crippen LogP contribution in [-0.4, -0.2) is 24.6 Å². The first-order valence-corrected chi connectivity index (χ1v) is 9.20. The van der Waals surface area contributed by atoms with Crippen molar-refractivity contribution in [1.29, 1.82) is 0 Å². The number of carbonyl (C=O) groups excluding carboxylic acids is 2. The SMILES string of the molecule is C[C@@H](OC(=O)[C@@H]1COc2ccc(Cl)cc2C1)C(=O)NCc1cccs1. The van der Waals surface area contributed by atoms with E-state index >= 15 is 0 Å². The van der Waals surface area contributed by atoms with E-state index in [1.807, 2.05) is 17.5 Å². The molecule has 2 aromatic rings. The summed E-state index contributed by atoms with van der Waals surface area (Å²) >= 11 is 7.54. The predicted molar refractivity (Wildman–Crippen MR) is 95.9 cm³/mol. The van der Waals surface area contributed by atoms with Crippen LogP contribution in [0.2, 0.25) is 5.02 Å². The normalized spacial score (nSPS) is 17.1. The number of amides is 1. The second-order valence-electron chi connectivity index (χ2n) is 5.84.